The summed E-state index contributed by atoms with van der Waals surface area (Å²) >= 11 is 1.50. The van der Waals surface area contributed by atoms with Crippen molar-refractivity contribution in [2.75, 3.05) is 0 Å². The van der Waals surface area contributed by atoms with Crippen molar-refractivity contribution in [3.63, 3.8) is 0 Å². The van der Waals surface area contributed by atoms with Crippen molar-refractivity contribution in [3.8, 4) is 16.3 Å². The van der Waals surface area contributed by atoms with E-state index in [4.69, 9.17) is 10.5 Å². The Morgan fingerprint density at radius 1 is 1.23 bits per heavy atom. The molecule has 0 unspecified atom stereocenters. The first-order chi connectivity index (χ1) is 12.7. The molecule has 0 spiro atoms. The number of thiophene rings is 1. The Hall–Kier alpha value is -3.19. The minimum atomic E-state index is -0.384. The number of amides is 1. The molecule has 0 fully saturated rings. The van der Waals surface area contributed by atoms with Crippen LogP contribution in [0.5, 0.6) is 5.75 Å². The van der Waals surface area contributed by atoms with Gasteiger partial charge in [0.1, 0.15) is 18.0 Å². The van der Waals surface area contributed by atoms with E-state index in [9.17, 15) is 4.79 Å². The number of nitrogens with two attached hydrogens (primary N) is 1. The Morgan fingerprint density at radius 3 is 2.88 bits per heavy atom. The highest BCUT2D eigenvalue weighted by atomic mass is 32.1. The lowest BCUT2D eigenvalue weighted by Gasteiger charge is -2.06. The summed E-state index contributed by atoms with van der Waals surface area (Å²) in [5, 5.41) is 0. The number of imidazole rings is 1. The maximum atomic E-state index is 11.5. The van der Waals surface area contributed by atoms with Crippen LogP contribution in [0.15, 0.2) is 61.2 Å². The van der Waals surface area contributed by atoms with Crippen LogP contribution in [-0.4, -0.2) is 20.3 Å². The average molecular weight is 364 g/mol. The molecular weight excluding hydrogens is 348 g/mol. The number of hydrogen-bond acceptors (Lipinski definition) is 5. The van der Waals surface area contributed by atoms with Crippen LogP contribution < -0.4 is 10.5 Å². The quantitative estimate of drug-likeness (QED) is 0.570. The van der Waals surface area contributed by atoms with Crippen molar-refractivity contribution in [1.82, 2.24) is 14.4 Å². The van der Waals surface area contributed by atoms with Crippen LogP contribution in [-0.2, 0) is 17.8 Å². The molecule has 0 aromatic carbocycles. The van der Waals surface area contributed by atoms with Gasteiger partial charge in [0.05, 0.1) is 28.1 Å². The largest absolute Gasteiger partial charge is 0.488 e. The van der Waals surface area contributed by atoms with Gasteiger partial charge in [0.25, 0.3) is 0 Å². The van der Waals surface area contributed by atoms with Gasteiger partial charge in [-0.1, -0.05) is 6.07 Å². The molecule has 6 nitrogen and oxygen atoms in total. The number of nitrogens with zero attached hydrogens (tertiary/aromatic N) is 3. The normalized spacial score (nSPS) is 10.9. The maximum Gasteiger partial charge on any atom is 0.222 e. The van der Waals surface area contributed by atoms with Crippen molar-refractivity contribution in [3.05, 3.63) is 71.6 Å². The zero-order chi connectivity index (χ0) is 17.9. The van der Waals surface area contributed by atoms with Gasteiger partial charge in [-0.15, -0.1) is 11.3 Å². The molecule has 7 heteroatoms. The van der Waals surface area contributed by atoms with Crippen LogP contribution in [0.25, 0.3) is 16.2 Å². The van der Waals surface area contributed by atoms with Gasteiger partial charge >= 0.3 is 0 Å². The molecule has 0 saturated heterocycles. The topological polar surface area (TPSA) is 82.5 Å². The van der Waals surface area contributed by atoms with E-state index in [-0.39, 0.29) is 12.3 Å². The Morgan fingerprint density at radius 2 is 2.08 bits per heavy atom. The number of fused-ring (bicyclic) bond motifs is 1. The minimum absolute atomic E-state index is 0.146. The molecule has 4 heterocycles. The molecule has 130 valence electrons. The molecule has 4 rings (SSSR count). The molecule has 0 aliphatic heterocycles. The third-order valence-electron chi connectivity index (χ3n) is 3.92. The van der Waals surface area contributed by atoms with Gasteiger partial charge in [0, 0.05) is 24.7 Å². The molecule has 1 amide bonds. The second-order valence-corrected chi connectivity index (χ2v) is 6.89. The van der Waals surface area contributed by atoms with Gasteiger partial charge in [-0.3, -0.25) is 14.2 Å². The first-order valence-electron chi connectivity index (χ1n) is 8.06. The molecule has 0 bridgehead atoms. The van der Waals surface area contributed by atoms with E-state index in [0.29, 0.717) is 12.4 Å². The van der Waals surface area contributed by atoms with Crippen molar-refractivity contribution >= 4 is 22.9 Å². The predicted octanol–water partition coefficient (Wildman–Crippen LogP) is 3.06. The number of ether oxygens (including phenoxy) is 1. The molecule has 26 heavy (non-hydrogen) atoms. The first-order valence-corrected chi connectivity index (χ1v) is 8.87. The number of rotatable bonds is 6. The molecule has 0 aliphatic carbocycles. The highest BCUT2D eigenvalue weighted by molar-refractivity contribution is 7.15. The van der Waals surface area contributed by atoms with Gasteiger partial charge in [0.15, 0.2) is 0 Å². The number of aromatic nitrogens is 3. The van der Waals surface area contributed by atoms with Crippen LogP contribution in [0.3, 0.4) is 0 Å². The van der Waals surface area contributed by atoms with Crippen molar-refractivity contribution in [1.29, 1.82) is 0 Å². The van der Waals surface area contributed by atoms with E-state index < -0.39 is 0 Å². The molecule has 0 aliphatic rings. The number of carbonyl (C=O) groups excluding carboxylic acids is 1. The van der Waals surface area contributed by atoms with Crippen LogP contribution in [0.4, 0.5) is 0 Å². The van der Waals surface area contributed by atoms with Crippen LogP contribution in [0.1, 0.15) is 10.4 Å². The third kappa shape index (κ3) is 3.29. The first kappa shape index (κ1) is 16.3. The maximum absolute atomic E-state index is 11.5. The molecule has 0 atom stereocenters. The fourth-order valence-electron chi connectivity index (χ4n) is 2.70. The monoisotopic (exact) mass is 364 g/mol. The minimum Gasteiger partial charge on any atom is -0.488 e. The van der Waals surface area contributed by atoms with E-state index in [1.165, 1.54) is 11.3 Å². The number of hydrogen-bond donors (Lipinski definition) is 1. The number of pyridine rings is 2. The van der Waals surface area contributed by atoms with E-state index in [0.717, 1.165) is 26.7 Å². The lowest BCUT2D eigenvalue weighted by Crippen LogP contribution is -2.13. The van der Waals surface area contributed by atoms with Crippen molar-refractivity contribution < 1.29 is 9.53 Å². The molecule has 4 aromatic heterocycles. The zero-order valence-electron chi connectivity index (χ0n) is 13.8. The Balaban J connectivity index is 1.68. The fraction of sp³-hybridized carbons (Fsp3) is 0.105. The summed E-state index contributed by atoms with van der Waals surface area (Å²) in [6, 6.07) is 11.6. The van der Waals surface area contributed by atoms with Gasteiger partial charge in [-0.25, -0.2) is 4.98 Å². The van der Waals surface area contributed by atoms with E-state index in [2.05, 4.69) is 9.97 Å². The Kier molecular flexibility index (Phi) is 4.37. The molecule has 0 radical (unpaired) electrons. The Bertz CT molecular complexity index is 1060. The summed E-state index contributed by atoms with van der Waals surface area (Å²) in [6.07, 6.45) is 7.37. The summed E-state index contributed by atoms with van der Waals surface area (Å²) in [5.41, 5.74) is 8.23. The smallest absolute Gasteiger partial charge is 0.222 e. The molecule has 0 saturated carbocycles. The SMILES string of the molecule is NC(=O)Cc1sc(-c2cnc3ccccn23)cc1OCc1ccncc1. The third-order valence-corrected chi connectivity index (χ3v) is 5.06. The standard InChI is InChI=1S/C19H16N4O2S/c20-18(24)10-17-15(25-12-13-4-6-21-7-5-13)9-16(26-17)14-11-22-19-3-1-2-8-23(14)19/h1-9,11H,10,12H2,(H2,20,24). The number of carbonyl (C=O) groups is 1. The van der Waals surface area contributed by atoms with Gasteiger partial charge < -0.3 is 10.5 Å². The Labute approximate surface area is 153 Å². The van der Waals surface area contributed by atoms with E-state index >= 15 is 0 Å². The van der Waals surface area contributed by atoms with Crippen LogP contribution in [0.2, 0.25) is 0 Å². The molecule has 4 aromatic rings. The summed E-state index contributed by atoms with van der Waals surface area (Å²) in [4.78, 5) is 21.7. The second-order valence-electron chi connectivity index (χ2n) is 5.76. The molecular formula is C19H16N4O2S. The summed E-state index contributed by atoms with van der Waals surface area (Å²) in [6.45, 7) is 0.400. The van der Waals surface area contributed by atoms with Crippen molar-refractivity contribution in [2.24, 2.45) is 5.73 Å². The summed E-state index contributed by atoms with van der Waals surface area (Å²) in [5.74, 6) is 0.289. The lowest BCUT2D eigenvalue weighted by atomic mass is 10.2. The molecule has 2 N–H and O–H groups in total. The predicted molar refractivity (Wildman–Crippen MR) is 100.0 cm³/mol. The van der Waals surface area contributed by atoms with Crippen LogP contribution >= 0.6 is 11.3 Å². The fourth-order valence-corrected chi connectivity index (χ4v) is 3.82. The van der Waals surface area contributed by atoms with Gasteiger partial charge in [-0.2, -0.15) is 0 Å². The lowest BCUT2D eigenvalue weighted by molar-refractivity contribution is -0.117. The number of primary amides is 1. The van der Waals surface area contributed by atoms with Gasteiger partial charge in [0.2, 0.25) is 5.91 Å². The second kappa shape index (κ2) is 6.97. The summed E-state index contributed by atoms with van der Waals surface area (Å²) < 4.78 is 7.97. The van der Waals surface area contributed by atoms with E-state index in [1.807, 2.05) is 53.2 Å². The highest BCUT2D eigenvalue weighted by Gasteiger charge is 2.16. The average Bonchev–Trinajstić information content (AvgIpc) is 3.24. The van der Waals surface area contributed by atoms with Crippen LogP contribution in [0, 0.1) is 0 Å². The van der Waals surface area contributed by atoms with Crippen molar-refractivity contribution in [2.45, 2.75) is 13.0 Å². The van der Waals surface area contributed by atoms with E-state index in [1.54, 1.807) is 12.4 Å². The summed E-state index contributed by atoms with van der Waals surface area (Å²) in [7, 11) is 0. The van der Waals surface area contributed by atoms with Gasteiger partial charge in [-0.05, 0) is 29.8 Å². The highest BCUT2D eigenvalue weighted by Crippen LogP contribution is 2.37. The zero-order valence-corrected chi connectivity index (χ0v) is 14.6.